The van der Waals surface area contributed by atoms with Gasteiger partial charge in [-0.05, 0) is 41.7 Å². The van der Waals surface area contributed by atoms with Gasteiger partial charge in [-0.1, -0.05) is 12.1 Å². The van der Waals surface area contributed by atoms with E-state index in [9.17, 15) is 18.3 Å². The van der Waals surface area contributed by atoms with Crippen LogP contribution in [0.3, 0.4) is 0 Å². The third-order valence-corrected chi connectivity index (χ3v) is 4.90. The molecular formula is C17H15F3N4O2S. The number of rotatable bonds is 5. The van der Waals surface area contributed by atoms with Crippen LogP contribution in [0.15, 0.2) is 36.7 Å². The normalized spacial score (nSPS) is 14.9. The van der Waals surface area contributed by atoms with Gasteiger partial charge in [0.25, 0.3) is 6.43 Å². The van der Waals surface area contributed by atoms with E-state index in [4.69, 9.17) is 10.8 Å². The van der Waals surface area contributed by atoms with Crippen LogP contribution in [0, 0.1) is 6.92 Å². The summed E-state index contributed by atoms with van der Waals surface area (Å²) in [5.41, 5.74) is 3.64. The van der Waals surface area contributed by atoms with E-state index in [2.05, 4.69) is 14.3 Å². The number of hydrogen-bond donors (Lipinski definition) is 3. The Bertz CT molecular complexity index is 943. The van der Waals surface area contributed by atoms with E-state index in [-0.39, 0.29) is 11.5 Å². The first-order valence-electron chi connectivity index (χ1n) is 7.73. The molecular weight excluding hydrogens is 381 g/mol. The van der Waals surface area contributed by atoms with E-state index >= 15 is 0 Å². The summed E-state index contributed by atoms with van der Waals surface area (Å²) in [6, 6.07) is 5.40. The molecule has 4 N–H and O–H groups in total. The van der Waals surface area contributed by atoms with Crippen LogP contribution in [0.25, 0.3) is 21.8 Å². The molecule has 0 radical (unpaired) electrons. The SMILES string of the molecule is Cc1ccc(C(O)(C(O)F)C(F)F)cc1-c1cnc(N)c(-c2ccns2)n1. The third kappa shape index (κ3) is 3.38. The number of alkyl halides is 3. The van der Waals surface area contributed by atoms with Gasteiger partial charge in [0.05, 0.1) is 16.8 Å². The lowest BCUT2D eigenvalue weighted by molar-refractivity contribution is -0.211. The lowest BCUT2D eigenvalue weighted by Gasteiger charge is -2.28. The second-order valence-electron chi connectivity index (χ2n) is 5.86. The zero-order chi connectivity index (χ0) is 19.8. The topological polar surface area (TPSA) is 105 Å². The maximum Gasteiger partial charge on any atom is 0.276 e. The minimum absolute atomic E-state index is 0.167. The quantitative estimate of drug-likeness (QED) is 0.613. The van der Waals surface area contributed by atoms with Crippen LogP contribution in [-0.4, -0.2) is 37.3 Å². The lowest BCUT2D eigenvalue weighted by atomic mass is 9.90. The number of aryl methyl sites for hydroxylation is 1. The second-order valence-corrected chi connectivity index (χ2v) is 6.69. The fourth-order valence-corrected chi connectivity index (χ4v) is 3.16. The van der Waals surface area contributed by atoms with Crippen molar-refractivity contribution in [3.05, 3.63) is 47.8 Å². The zero-order valence-electron chi connectivity index (χ0n) is 14.0. The highest BCUT2D eigenvalue weighted by atomic mass is 32.1. The van der Waals surface area contributed by atoms with Gasteiger partial charge in [-0.3, -0.25) is 0 Å². The zero-order valence-corrected chi connectivity index (χ0v) is 14.8. The molecule has 3 rings (SSSR count). The molecule has 0 aliphatic rings. The maximum atomic E-state index is 13.4. The van der Waals surface area contributed by atoms with Crippen molar-refractivity contribution in [3.63, 3.8) is 0 Å². The summed E-state index contributed by atoms with van der Waals surface area (Å²) in [6.45, 7) is 1.69. The van der Waals surface area contributed by atoms with Gasteiger partial charge in [0, 0.05) is 11.8 Å². The summed E-state index contributed by atoms with van der Waals surface area (Å²) in [5, 5.41) is 19.1. The van der Waals surface area contributed by atoms with Crippen molar-refractivity contribution >= 4 is 17.4 Å². The van der Waals surface area contributed by atoms with E-state index in [1.165, 1.54) is 12.3 Å². The van der Waals surface area contributed by atoms with Crippen molar-refractivity contribution in [3.8, 4) is 21.8 Å². The number of nitrogens with two attached hydrogens (primary N) is 1. The summed E-state index contributed by atoms with van der Waals surface area (Å²) < 4.78 is 43.9. The molecule has 2 heterocycles. The number of hydrogen-bond acceptors (Lipinski definition) is 7. The van der Waals surface area contributed by atoms with Crippen LogP contribution in [-0.2, 0) is 5.60 Å². The van der Waals surface area contributed by atoms with Crippen LogP contribution in [0.1, 0.15) is 11.1 Å². The summed E-state index contributed by atoms with van der Waals surface area (Å²) in [5.74, 6) is 0.167. The second kappa shape index (κ2) is 7.22. The van der Waals surface area contributed by atoms with E-state index in [1.807, 2.05) is 0 Å². The first kappa shape index (κ1) is 19.2. The van der Waals surface area contributed by atoms with Crippen LogP contribution >= 0.6 is 11.5 Å². The number of aliphatic hydroxyl groups excluding tert-OH is 1. The fourth-order valence-electron chi connectivity index (χ4n) is 2.56. The summed E-state index contributed by atoms with van der Waals surface area (Å²) in [7, 11) is 0. The fraction of sp³-hybridized carbons (Fsp3) is 0.235. The minimum Gasteiger partial charge on any atom is -0.382 e. The molecule has 0 saturated carbocycles. The predicted octanol–water partition coefficient (Wildman–Crippen LogP) is 2.90. The van der Waals surface area contributed by atoms with Crippen molar-refractivity contribution < 1.29 is 23.4 Å². The molecule has 2 unspecified atom stereocenters. The van der Waals surface area contributed by atoms with Crippen molar-refractivity contribution in [2.75, 3.05) is 5.73 Å². The van der Waals surface area contributed by atoms with Crippen molar-refractivity contribution in [1.29, 1.82) is 0 Å². The number of nitrogens with zero attached hydrogens (tertiary/aromatic N) is 3. The van der Waals surface area contributed by atoms with Crippen molar-refractivity contribution in [1.82, 2.24) is 14.3 Å². The number of halogens is 3. The Hall–Kier alpha value is -2.56. The first-order chi connectivity index (χ1) is 12.7. The number of aromatic nitrogens is 3. The number of benzene rings is 1. The molecule has 2 atom stereocenters. The summed E-state index contributed by atoms with van der Waals surface area (Å²) in [4.78, 5) is 9.16. The van der Waals surface area contributed by atoms with Crippen LogP contribution < -0.4 is 5.73 Å². The van der Waals surface area contributed by atoms with Crippen molar-refractivity contribution in [2.45, 2.75) is 25.3 Å². The van der Waals surface area contributed by atoms with Gasteiger partial charge in [-0.2, -0.15) is 0 Å². The minimum atomic E-state index is -3.54. The van der Waals surface area contributed by atoms with Crippen LogP contribution in [0.2, 0.25) is 0 Å². The van der Waals surface area contributed by atoms with Gasteiger partial charge >= 0.3 is 0 Å². The van der Waals surface area contributed by atoms with Gasteiger partial charge in [0.15, 0.2) is 5.82 Å². The van der Waals surface area contributed by atoms with E-state index in [0.29, 0.717) is 21.7 Å². The molecule has 27 heavy (non-hydrogen) atoms. The van der Waals surface area contributed by atoms with Crippen molar-refractivity contribution in [2.24, 2.45) is 0 Å². The molecule has 0 amide bonds. The smallest absolute Gasteiger partial charge is 0.276 e. The number of aliphatic hydroxyl groups is 2. The largest absolute Gasteiger partial charge is 0.382 e. The van der Waals surface area contributed by atoms with Gasteiger partial charge < -0.3 is 15.9 Å². The monoisotopic (exact) mass is 396 g/mol. The third-order valence-electron chi connectivity index (χ3n) is 4.14. The molecule has 2 aromatic heterocycles. The van der Waals surface area contributed by atoms with E-state index in [1.54, 1.807) is 19.2 Å². The van der Waals surface area contributed by atoms with E-state index in [0.717, 1.165) is 23.7 Å². The summed E-state index contributed by atoms with van der Waals surface area (Å²) in [6.07, 6.45) is -3.79. The molecule has 0 spiro atoms. The molecule has 0 bridgehead atoms. The maximum absolute atomic E-state index is 13.4. The molecule has 142 valence electrons. The molecule has 10 heteroatoms. The molecule has 0 fully saturated rings. The Kier molecular flexibility index (Phi) is 5.13. The Morgan fingerprint density at radius 2 is 1.96 bits per heavy atom. The van der Waals surface area contributed by atoms with Gasteiger partial charge in [-0.15, -0.1) is 0 Å². The molecule has 0 aliphatic carbocycles. The first-order valence-corrected chi connectivity index (χ1v) is 8.50. The molecule has 3 aromatic rings. The van der Waals surface area contributed by atoms with E-state index < -0.39 is 23.9 Å². The Morgan fingerprint density at radius 3 is 2.56 bits per heavy atom. The number of anilines is 1. The van der Waals surface area contributed by atoms with Crippen LogP contribution in [0.4, 0.5) is 19.0 Å². The van der Waals surface area contributed by atoms with Gasteiger partial charge in [0.1, 0.15) is 5.69 Å². The highest BCUT2D eigenvalue weighted by Gasteiger charge is 2.47. The Morgan fingerprint density at radius 1 is 1.22 bits per heavy atom. The average molecular weight is 396 g/mol. The highest BCUT2D eigenvalue weighted by molar-refractivity contribution is 7.09. The van der Waals surface area contributed by atoms with Gasteiger partial charge in [-0.25, -0.2) is 27.5 Å². The van der Waals surface area contributed by atoms with Gasteiger partial charge in [0.2, 0.25) is 12.0 Å². The average Bonchev–Trinajstić information content (AvgIpc) is 3.16. The predicted molar refractivity (Wildman–Crippen MR) is 94.7 cm³/mol. The van der Waals surface area contributed by atoms with Crippen LogP contribution in [0.5, 0.6) is 0 Å². The molecule has 0 aliphatic heterocycles. The highest BCUT2D eigenvalue weighted by Crippen LogP contribution is 2.36. The number of nitrogen functional groups attached to an aromatic ring is 1. The standard InChI is InChI=1S/C17H15F3N4O2S/c1-8-2-3-9(17(26,15(18)19)16(20)25)6-10(8)11-7-22-14(21)13(24-11)12-4-5-23-27-12/h2-7,15-16,25-26H,1H3,(H2,21,22). The Balaban J connectivity index is 2.15. The summed E-state index contributed by atoms with van der Waals surface area (Å²) >= 11 is 1.16. The lowest BCUT2D eigenvalue weighted by Crippen LogP contribution is -2.43. The molecule has 6 nitrogen and oxygen atoms in total. The molecule has 0 saturated heterocycles. The Labute approximate surface area is 156 Å². The molecule has 1 aromatic carbocycles.